The van der Waals surface area contributed by atoms with E-state index in [1.807, 2.05) is 38.4 Å². The molecule has 0 fully saturated rings. The molecule has 2 N–H and O–H groups in total. The molecular formula is C26H24FN3O2. The summed E-state index contributed by atoms with van der Waals surface area (Å²) in [5.41, 5.74) is 6.41. The third kappa shape index (κ3) is 3.85. The summed E-state index contributed by atoms with van der Waals surface area (Å²) in [6.07, 6.45) is 0.832. The number of halogens is 1. The van der Waals surface area contributed by atoms with E-state index in [1.54, 1.807) is 6.07 Å². The van der Waals surface area contributed by atoms with Crippen molar-refractivity contribution in [3.05, 3.63) is 88.7 Å². The molecule has 0 aromatic heterocycles. The van der Waals surface area contributed by atoms with Gasteiger partial charge in [-0.25, -0.2) is 4.39 Å². The molecule has 2 heterocycles. The normalized spacial score (nSPS) is 15.8. The summed E-state index contributed by atoms with van der Waals surface area (Å²) in [7, 11) is 4.07. The van der Waals surface area contributed by atoms with Crippen molar-refractivity contribution < 1.29 is 13.9 Å². The second-order valence-electron chi connectivity index (χ2n) is 8.37. The van der Waals surface area contributed by atoms with Crippen LogP contribution in [-0.2, 0) is 17.8 Å². The molecule has 0 spiro atoms. The first-order valence-electron chi connectivity index (χ1n) is 10.6. The molecule has 0 radical (unpaired) electrons. The number of anilines is 2. The maximum Gasteiger partial charge on any atom is 0.258 e. The Kier molecular flexibility index (Phi) is 5.15. The lowest BCUT2D eigenvalue weighted by atomic mass is 9.98. The van der Waals surface area contributed by atoms with Crippen LogP contribution in [0.3, 0.4) is 0 Å². The van der Waals surface area contributed by atoms with E-state index in [0.717, 1.165) is 35.5 Å². The molecule has 0 atom stereocenters. The van der Waals surface area contributed by atoms with Gasteiger partial charge in [-0.3, -0.25) is 4.79 Å². The molecule has 2 aliphatic heterocycles. The van der Waals surface area contributed by atoms with Gasteiger partial charge in [0, 0.05) is 24.2 Å². The smallest absolute Gasteiger partial charge is 0.258 e. The quantitative estimate of drug-likeness (QED) is 0.575. The fourth-order valence-electron chi connectivity index (χ4n) is 4.22. The summed E-state index contributed by atoms with van der Waals surface area (Å²) >= 11 is 0. The summed E-state index contributed by atoms with van der Waals surface area (Å²) in [4.78, 5) is 15.1. The Bertz CT molecular complexity index is 1230. The van der Waals surface area contributed by atoms with Gasteiger partial charge in [0.05, 0.1) is 23.6 Å². The first kappa shape index (κ1) is 20.3. The number of hydrogen-bond donors (Lipinski definition) is 2. The van der Waals surface area contributed by atoms with E-state index >= 15 is 0 Å². The standard InChI is InChI=1S/C26H24FN3O2/c1-30(2)15-16-3-7-20(8-4-16)28-25(18-5-10-23-17(13-18)11-12-32-23)24-21-9-6-19(27)14-22(21)29-26(24)31/h3-10,13-14,28H,11-12,15H2,1-2H3,(H,29,31)/b25-24-. The maximum atomic E-state index is 13.8. The molecule has 0 bridgehead atoms. The molecule has 5 nitrogen and oxygen atoms in total. The molecule has 6 heteroatoms. The molecule has 3 aromatic carbocycles. The second kappa shape index (κ2) is 8.13. The van der Waals surface area contributed by atoms with Gasteiger partial charge in [-0.05, 0) is 79.3 Å². The van der Waals surface area contributed by atoms with Gasteiger partial charge >= 0.3 is 0 Å². The minimum atomic E-state index is -0.383. The van der Waals surface area contributed by atoms with Crippen molar-refractivity contribution in [1.82, 2.24) is 4.90 Å². The fraction of sp³-hybridized carbons (Fsp3) is 0.192. The number of ether oxygens (including phenoxy) is 1. The largest absolute Gasteiger partial charge is 0.493 e. The lowest BCUT2D eigenvalue weighted by molar-refractivity contribution is -0.110. The molecule has 162 valence electrons. The number of carbonyl (C=O) groups is 1. The predicted molar refractivity (Wildman–Crippen MR) is 125 cm³/mol. The molecule has 0 saturated heterocycles. The van der Waals surface area contributed by atoms with Crippen LogP contribution < -0.4 is 15.4 Å². The average molecular weight is 429 g/mol. The molecular weight excluding hydrogens is 405 g/mol. The SMILES string of the molecule is CN(C)Cc1ccc(N/C(=C2\C(=O)Nc3cc(F)ccc32)c2ccc3c(c2)CCO3)cc1. The Morgan fingerprint density at radius 3 is 2.69 bits per heavy atom. The van der Waals surface area contributed by atoms with Crippen molar-refractivity contribution >= 4 is 28.6 Å². The highest BCUT2D eigenvalue weighted by Crippen LogP contribution is 2.39. The number of fused-ring (bicyclic) bond motifs is 2. The molecule has 0 saturated carbocycles. The van der Waals surface area contributed by atoms with E-state index in [1.165, 1.54) is 17.7 Å². The first-order valence-corrected chi connectivity index (χ1v) is 10.6. The van der Waals surface area contributed by atoms with Crippen LogP contribution >= 0.6 is 0 Å². The molecule has 2 aliphatic rings. The second-order valence-corrected chi connectivity index (χ2v) is 8.37. The molecule has 5 rings (SSSR count). The van der Waals surface area contributed by atoms with E-state index in [4.69, 9.17) is 4.74 Å². The minimum Gasteiger partial charge on any atom is -0.493 e. The van der Waals surface area contributed by atoms with Crippen LogP contribution in [0.15, 0.2) is 60.7 Å². The molecule has 3 aromatic rings. The van der Waals surface area contributed by atoms with Crippen LogP contribution in [-0.4, -0.2) is 31.5 Å². The summed E-state index contributed by atoms with van der Waals surface area (Å²) in [5, 5.41) is 6.27. The molecule has 0 aliphatic carbocycles. The van der Waals surface area contributed by atoms with E-state index in [-0.39, 0.29) is 11.7 Å². The number of carbonyl (C=O) groups excluding carboxylic acids is 1. The Morgan fingerprint density at radius 2 is 1.91 bits per heavy atom. The molecule has 1 amide bonds. The maximum absolute atomic E-state index is 13.8. The highest BCUT2D eigenvalue weighted by molar-refractivity contribution is 6.37. The molecule has 32 heavy (non-hydrogen) atoms. The van der Waals surface area contributed by atoms with Gasteiger partial charge < -0.3 is 20.3 Å². The van der Waals surface area contributed by atoms with Gasteiger partial charge in [-0.1, -0.05) is 12.1 Å². The van der Waals surface area contributed by atoms with Crippen LogP contribution in [0.1, 0.15) is 22.3 Å². The van der Waals surface area contributed by atoms with Crippen LogP contribution in [0, 0.1) is 5.82 Å². The number of nitrogens with zero attached hydrogens (tertiary/aromatic N) is 1. The third-order valence-electron chi connectivity index (χ3n) is 5.68. The van der Waals surface area contributed by atoms with Crippen LogP contribution in [0.25, 0.3) is 11.3 Å². The number of amides is 1. The Labute approximate surface area is 186 Å². The van der Waals surface area contributed by atoms with Crippen molar-refractivity contribution in [2.24, 2.45) is 0 Å². The van der Waals surface area contributed by atoms with Crippen molar-refractivity contribution in [3.8, 4) is 5.75 Å². The highest BCUT2D eigenvalue weighted by atomic mass is 19.1. The number of benzene rings is 3. The van der Waals surface area contributed by atoms with Crippen LogP contribution in [0.2, 0.25) is 0 Å². The van der Waals surface area contributed by atoms with Crippen molar-refractivity contribution in [2.75, 3.05) is 31.3 Å². The van der Waals surface area contributed by atoms with Crippen LogP contribution in [0.5, 0.6) is 5.75 Å². The fourth-order valence-corrected chi connectivity index (χ4v) is 4.22. The average Bonchev–Trinajstić information content (AvgIpc) is 3.35. The van der Waals surface area contributed by atoms with E-state index in [2.05, 4.69) is 33.7 Å². The Morgan fingerprint density at radius 1 is 1.09 bits per heavy atom. The van der Waals surface area contributed by atoms with E-state index in [0.29, 0.717) is 29.1 Å². The zero-order valence-electron chi connectivity index (χ0n) is 18.0. The summed E-state index contributed by atoms with van der Waals surface area (Å²) < 4.78 is 19.4. The van der Waals surface area contributed by atoms with E-state index in [9.17, 15) is 9.18 Å². The highest BCUT2D eigenvalue weighted by Gasteiger charge is 2.29. The van der Waals surface area contributed by atoms with Crippen molar-refractivity contribution in [3.63, 3.8) is 0 Å². The van der Waals surface area contributed by atoms with Gasteiger partial charge in [0.25, 0.3) is 5.91 Å². The minimum absolute atomic E-state index is 0.255. The van der Waals surface area contributed by atoms with Gasteiger partial charge in [0.2, 0.25) is 0 Å². The Balaban J connectivity index is 1.61. The first-order chi connectivity index (χ1) is 15.5. The van der Waals surface area contributed by atoms with Gasteiger partial charge in [0.1, 0.15) is 11.6 Å². The Hall–Kier alpha value is -3.64. The number of rotatable bonds is 5. The van der Waals surface area contributed by atoms with Gasteiger partial charge in [-0.15, -0.1) is 0 Å². The van der Waals surface area contributed by atoms with Gasteiger partial charge in [0.15, 0.2) is 0 Å². The predicted octanol–water partition coefficient (Wildman–Crippen LogP) is 4.75. The lowest BCUT2D eigenvalue weighted by Crippen LogP contribution is -2.11. The summed E-state index contributed by atoms with van der Waals surface area (Å²) in [6, 6.07) is 18.5. The van der Waals surface area contributed by atoms with Crippen LogP contribution in [0.4, 0.5) is 15.8 Å². The zero-order valence-corrected chi connectivity index (χ0v) is 18.0. The van der Waals surface area contributed by atoms with Crippen molar-refractivity contribution in [1.29, 1.82) is 0 Å². The number of nitrogens with one attached hydrogen (secondary N) is 2. The topological polar surface area (TPSA) is 53.6 Å². The molecule has 0 unspecified atom stereocenters. The van der Waals surface area contributed by atoms with E-state index < -0.39 is 0 Å². The van der Waals surface area contributed by atoms with Gasteiger partial charge in [-0.2, -0.15) is 0 Å². The third-order valence-corrected chi connectivity index (χ3v) is 5.68. The van der Waals surface area contributed by atoms with Crippen molar-refractivity contribution in [2.45, 2.75) is 13.0 Å². The zero-order chi connectivity index (χ0) is 22.2. The summed E-state index contributed by atoms with van der Waals surface area (Å²) in [6.45, 7) is 1.51. The lowest BCUT2D eigenvalue weighted by Gasteiger charge is -2.16. The number of hydrogen-bond acceptors (Lipinski definition) is 4. The monoisotopic (exact) mass is 429 g/mol. The summed E-state index contributed by atoms with van der Waals surface area (Å²) in [5.74, 6) is 0.240.